The molecule has 0 aliphatic heterocycles. The molecular weight excluding hydrogens is 346 g/mol. The van der Waals surface area contributed by atoms with Crippen molar-refractivity contribution in [1.29, 1.82) is 5.26 Å². The van der Waals surface area contributed by atoms with Crippen LogP contribution in [0.3, 0.4) is 0 Å². The molecule has 0 saturated heterocycles. The van der Waals surface area contributed by atoms with E-state index in [0.29, 0.717) is 22.4 Å². The third kappa shape index (κ3) is 4.07. The van der Waals surface area contributed by atoms with Crippen molar-refractivity contribution < 1.29 is 19.1 Å². The lowest BCUT2D eigenvalue weighted by atomic mass is 10.2. The number of fused-ring (bicyclic) bond motifs is 1. The SMILES string of the molecule is COc1ccc(C(=O)NCC(=O)OCc2cn3ccccc3c2C#N)cc1. The monoisotopic (exact) mass is 363 g/mol. The minimum atomic E-state index is -0.587. The van der Waals surface area contributed by atoms with E-state index in [1.54, 1.807) is 34.9 Å². The summed E-state index contributed by atoms with van der Waals surface area (Å²) in [4.78, 5) is 24.0. The summed E-state index contributed by atoms with van der Waals surface area (Å²) in [6, 6.07) is 14.2. The van der Waals surface area contributed by atoms with Gasteiger partial charge in [0.15, 0.2) is 0 Å². The number of carbonyl (C=O) groups is 2. The lowest BCUT2D eigenvalue weighted by Gasteiger charge is -2.07. The highest BCUT2D eigenvalue weighted by molar-refractivity contribution is 5.96. The molecule has 1 amide bonds. The Labute approximate surface area is 155 Å². The van der Waals surface area contributed by atoms with Crippen molar-refractivity contribution in [3.63, 3.8) is 0 Å². The van der Waals surface area contributed by atoms with E-state index in [1.165, 1.54) is 7.11 Å². The lowest BCUT2D eigenvalue weighted by Crippen LogP contribution is -2.30. The molecule has 136 valence electrons. The largest absolute Gasteiger partial charge is 0.497 e. The standard InChI is InChI=1S/C20H17N3O4/c1-26-16-7-5-14(6-8-16)20(25)22-11-19(24)27-13-15-12-23-9-3-2-4-18(23)17(15)10-21/h2-9,12H,11,13H2,1H3,(H,22,25). The zero-order valence-corrected chi connectivity index (χ0v) is 14.6. The molecule has 1 N–H and O–H groups in total. The van der Waals surface area contributed by atoms with Crippen LogP contribution in [0.5, 0.6) is 5.75 Å². The van der Waals surface area contributed by atoms with E-state index in [2.05, 4.69) is 11.4 Å². The van der Waals surface area contributed by atoms with Gasteiger partial charge in [-0.15, -0.1) is 0 Å². The molecular formula is C20H17N3O4. The predicted octanol–water partition coefficient (Wildman–Crippen LogP) is 2.29. The quantitative estimate of drug-likeness (QED) is 0.678. The number of methoxy groups -OCH3 is 1. The minimum Gasteiger partial charge on any atom is -0.497 e. The van der Waals surface area contributed by atoms with Gasteiger partial charge in [0.1, 0.15) is 25.0 Å². The zero-order valence-electron chi connectivity index (χ0n) is 14.6. The molecule has 0 atom stereocenters. The molecule has 0 saturated carbocycles. The Morgan fingerprint density at radius 1 is 1.19 bits per heavy atom. The summed E-state index contributed by atoms with van der Waals surface area (Å²) in [7, 11) is 1.54. The van der Waals surface area contributed by atoms with E-state index in [9.17, 15) is 14.9 Å². The predicted molar refractivity (Wildman–Crippen MR) is 97.2 cm³/mol. The number of ether oxygens (including phenoxy) is 2. The molecule has 7 heteroatoms. The van der Waals surface area contributed by atoms with Crippen LogP contribution in [0.25, 0.3) is 5.52 Å². The molecule has 2 aromatic heterocycles. The average Bonchev–Trinajstić information content (AvgIpc) is 3.08. The fraction of sp³-hybridized carbons (Fsp3) is 0.150. The van der Waals surface area contributed by atoms with Crippen molar-refractivity contribution >= 4 is 17.4 Å². The van der Waals surface area contributed by atoms with Crippen LogP contribution in [0.1, 0.15) is 21.5 Å². The van der Waals surface area contributed by atoms with Crippen LogP contribution in [0.2, 0.25) is 0 Å². The lowest BCUT2D eigenvalue weighted by molar-refractivity contribution is -0.143. The fourth-order valence-corrected chi connectivity index (χ4v) is 2.62. The molecule has 3 rings (SSSR count). The Balaban J connectivity index is 1.55. The summed E-state index contributed by atoms with van der Waals surface area (Å²) >= 11 is 0. The molecule has 7 nitrogen and oxygen atoms in total. The number of hydrogen-bond donors (Lipinski definition) is 1. The number of nitrogens with zero attached hydrogens (tertiary/aromatic N) is 2. The van der Waals surface area contributed by atoms with Gasteiger partial charge < -0.3 is 19.2 Å². The highest BCUT2D eigenvalue weighted by Gasteiger charge is 2.13. The molecule has 0 fully saturated rings. The maximum Gasteiger partial charge on any atom is 0.325 e. The summed E-state index contributed by atoms with van der Waals surface area (Å²) < 4.78 is 12.0. The third-order valence-electron chi connectivity index (χ3n) is 4.01. The molecule has 0 spiro atoms. The van der Waals surface area contributed by atoms with Gasteiger partial charge in [-0.2, -0.15) is 5.26 Å². The fourth-order valence-electron chi connectivity index (χ4n) is 2.62. The maximum absolute atomic E-state index is 12.0. The normalized spacial score (nSPS) is 10.2. The van der Waals surface area contributed by atoms with Gasteiger partial charge in [0.25, 0.3) is 5.91 Å². The van der Waals surface area contributed by atoms with Gasteiger partial charge in [0, 0.05) is 23.5 Å². The van der Waals surface area contributed by atoms with Gasteiger partial charge in [-0.1, -0.05) is 6.07 Å². The molecule has 1 aromatic carbocycles. The number of aromatic nitrogens is 1. The number of pyridine rings is 1. The van der Waals surface area contributed by atoms with Crippen molar-refractivity contribution in [2.75, 3.05) is 13.7 Å². The number of rotatable bonds is 6. The van der Waals surface area contributed by atoms with Gasteiger partial charge in [0.2, 0.25) is 0 Å². The summed E-state index contributed by atoms with van der Waals surface area (Å²) in [5, 5.41) is 11.8. The van der Waals surface area contributed by atoms with Crippen molar-refractivity contribution in [3.05, 3.63) is 71.5 Å². The highest BCUT2D eigenvalue weighted by Crippen LogP contribution is 2.18. The van der Waals surface area contributed by atoms with Gasteiger partial charge in [-0.25, -0.2) is 0 Å². The number of nitrogens with one attached hydrogen (secondary N) is 1. The third-order valence-corrected chi connectivity index (χ3v) is 4.01. The number of amides is 1. The van der Waals surface area contributed by atoms with Gasteiger partial charge >= 0.3 is 5.97 Å². The van der Waals surface area contributed by atoms with Crippen LogP contribution in [0, 0.1) is 11.3 Å². The second kappa shape index (κ2) is 8.06. The van der Waals surface area contributed by atoms with Crippen LogP contribution in [0.15, 0.2) is 54.9 Å². The van der Waals surface area contributed by atoms with Crippen molar-refractivity contribution in [3.8, 4) is 11.8 Å². The van der Waals surface area contributed by atoms with Crippen molar-refractivity contribution in [1.82, 2.24) is 9.72 Å². The van der Waals surface area contributed by atoms with Crippen LogP contribution >= 0.6 is 0 Å². The minimum absolute atomic E-state index is 0.0399. The molecule has 0 unspecified atom stereocenters. The smallest absolute Gasteiger partial charge is 0.325 e. The second-order valence-electron chi connectivity index (χ2n) is 5.71. The summed E-state index contributed by atoms with van der Waals surface area (Å²) in [5.74, 6) is -0.336. The Morgan fingerprint density at radius 2 is 1.96 bits per heavy atom. The molecule has 27 heavy (non-hydrogen) atoms. The van der Waals surface area contributed by atoms with Crippen molar-refractivity contribution in [2.45, 2.75) is 6.61 Å². The number of hydrogen-bond acceptors (Lipinski definition) is 5. The first-order chi connectivity index (χ1) is 13.1. The molecule has 0 aliphatic carbocycles. The molecule has 2 heterocycles. The zero-order chi connectivity index (χ0) is 19.2. The van der Waals surface area contributed by atoms with Gasteiger partial charge in [0.05, 0.1) is 18.2 Å². The molecule has 0 aliphatic rings. The van der Waals surface area contributed by atoms with E-state index in [4.69, 9.17) is 9.47 Å². The number of carbonyl (C=O) groups excluding carboxylic acids is 2. The van der Waals surface area contributed by atoms with Crippen LogP contribution in [-0.2, 0) is 16.1 Å². The van der Waals surface area contributed by atoms with Crippen molar-refractivity contribution in [2.24, 2.45) is 0 Å². The van der Waals surface area contributed by atoms with E-state index >= 15 is 0 Å². The summed E-state index contributed by atoms with van der Waals surface area (Å²) in [6.45, 7) is -0.304. The van der Waals surface area contributed by atoms with Gasteiger partial charge in [-0.3, -0.25) is 9.59 Å². The average molecular weight is 363 g/mol. The van der Waals surface area contributed by atoms with E-state index < -0.39 is 5.97 Å². The first kappa shape index (κ1) is 18.0. The van der Waals surface area contributed by atoms with Crippen LogP contribution < -0.4 is 10.1 Å². The number of nitriles is 1. The maximum atomic E-state index is 12.0. The molecule has 0 radical (unpaired) electrons. The Morgan fingerprint density at radius 3 is 2.67 bits per heavy atom. The molecule has 0 bridgehead atoms. The summed E-state index contributed by atoms with van der Waals surface area (Å²) in [6.07, 6.45) is 3.56. The van der Waals surface area contributed by atoms with Crippen LogP contribution in [-0.4, -0.2) is 29.9 Å². The topological polar surface area (TPSA) is 92.8 Å². The van der Waals surface area contributed by atoms with Crippen LogP contribution in [0.4, 0.5) is 0 Å². The summed E-state index contributed by atoms with van der Waals surface area (Å²) in [5.41, 5.74) is 2.23. The number of esters is 1. The Kier molecular flexibility index (Phi) is 5.38. The number of benzene rings is 1. The van der Waals surface area contributed by atoms with E-state index in [1.807, 2.05) is 24.4 Å². The van der Waals surface area contributed by atoms with Gasteiger partial charge in [-0.05, 0) is 36.4 Å². The van der Waals surface area contributed by atoms with E-state index in [-0.39, 0.29) is 19.1 Å². The molecule has 3 aromatic rings. The highest BCUT2D eigenvalue weighted by atomic mass is 16.5. The van der Waals surface area contributed by atoms with E-state index in [0.717, 1.165) is 5.52 Å². The first-order valence-corrected chi connectivity index (χ1v) is 8.19. The second-order valence-corrected chi connectivity index (χ2v) is 5.71. The Hall–Kier alpha value is -3.79. The Bertz CT molecular complexity index is 1020. The first-order valence-electron chi connectivity index (χ1n) is 8.19.